The van der Waals surface area contributed by atoms with Crippen molar-refractivity contribution in [3.05, 3.63) is 118 Å². The van der Waals surface area contributed by atoms with Gasteiger partial charge in [0.15, 0.2) is 23.1 Å². The van der Waals surface area contributed by atoms with Crippen LogP contribution < -0.4 is 11.2 Å². The molecule has 2 N–H and O–H groups in total. The van der Waals surface area contributed by atoms with Crippen LogP contribution >= 0.6 is 0 Å². The number of benzene rings is 2. The number of allylic oxidation sites excluding steroid dienone is 1. The van der Waals surface area contributed by atoms with Gasteiger partial charge in [0, 0.05) is 36.4 Å². The third-order valence-corrected chi connectivity index (χ3v) is 4.94. The van der Waals surface area contributed by atoms with E-state index in [2.05, 4.69) is 10.1 Å². The molecule has 0 aliphatic carbocycles. The summed E-state index contributed by atoms with van der Waals surface area (Å²) in [5.41, 5.74) is 3.26. The molecule has 0 spiro atoms. The van der Waals surface area contributed by atoms with Gasteiger partial charge >= 0.3 is 6.18 Å². The molecule has 12 heteroatoms. The van der Waals surface area contributed by atoms with Crippen molar-refractivity contribution < 1.29 is 26.3 Å². The number of rotatable bonds is 5. The molecule has 2 aromatic heterocycles. The Bertz CT molecular complexity index is 1530. The Labute approximate surface area is 199 Å². The first-order chi connectivity index (χ1) is 17.1. The van der Waals surface area contributed by atoms with Gasteiger partial charge < -0.3 is 10.3 Å². The molecular weight excluding hydrogens is 488 g/mol. The van der Waals surface area contributed by atoms with Gasteiger partial charge in [-0.2, -0.15) is 18.3 Å². The second-order valence-corrected chi connectivity index (χ2v) is 7.37. The van der Waals surface area contributed by atoms with Crippen LogP contribution in [0.4, 0.5) is 32.0 Å². The molecule has 0 atom stereocenters. The maximum absolute atomic E-state index is 14.9. The molecule has 36 heavy (non-hydrogen) atoms. The first-order valence-corrected chi connectivity index (χ1v) is 10.1. The largest absolute Gasteiger partial charge is 0.416 e. The number of aromatic nitrogens is 3. The van der Waals surface area contributed by atoms with E-state index < -0.39 is 34.6 Å². The van der Waals surface area contributed by atoms with Crippen molar-refractivity contribution in [2.24, 2.45) is 10.7 Å². The first-order valence-electron chi connectivity index (χ1n) is 10.1. The zero-order chi connectivity index (χ0) is 26.0. The van der Waals surface area contributed by atoms with Crippen LogP contribution in [0.25, 0.3) is 11.4 Å². The topological polar surface area (TPSA) is 78.2 Å². The average molecular weight is 503 g/mol. The van der Waals surface area contributed by atoms with Crippen LogP contribution in [0.5, 0.6) is 0 Å². The number of alkyl halides is 3. The minimum Gasteiger partial charge on any atom is -0.405 e. The van der Waals surface area contributed by atoms with Gasteiger partial charge in [-0.3, -0.25) is 4.79 Å². The normalized spacial score (nSPS) is 12.4. The van der Waals surface area contributed by atoms with Crippen molar-refractivity contribution in [1.82, 2.24) is 14.3 Å². The van der Waals surface area contributed by atoms with E-state index in [1.807, 2.05) is 0 Å². The molecule has 0 bridgehead atoms. The van der Waals surface area contributed by atoms with E-state index in [0.717, 1.165) is 58.2 Å². The van der Waals surface area contributed by atoms with Gasteiger partial charge in [-0.05, 0) is 42.6 Å². The maximum Gasteiger partial charge on any atom is 0.416 e. The fourth-order valence-electron chi connectivity index (χ4n) is 3.27. The van der Waals surface area contributed by atoms with Gasteiger partial charge in [-0.15, -0.1) is 0 Å². The van der Waals surface area contributed by atoms with E-state index >= 15 is 0 Å². The summed E-state index contributed by atoms with van der Waals surface area (Å²) >= 11 is 0. The number of nitrogens with zero attached hydrogens (tertiary/aromatic N) is 4. The quantitative estimate of drug-likeness (QED) is 0.306. The van der Waals surface area contributed by atoms with Crippen LogP contribution in [0, 0.1) is 17.5 Å². The summed E-state index contributed by atoms with van der Waals surface area (Å²) in [7, 11) is 0. The van der Waals surface area contributed by atoms with E-state index in [4.69, 9.17) is 5.73 Å². The van der Waals surface area contributed by atoms with Crippen molar-refractivity contribution >= 4 is 11.4 Å². The maximum atomic E-state index is 14.9. The van der Waals surface area contributed by atoms with Crippen molar-refractivity contribution in [2.75, 3.05) is 0 Å². The molecule has 4 aromatic rings. The highest BCUT2D eigenvalue weighted by atomic mass is 19.4. The summed E-state index contributed by atoms with van der Waals surface area (Å²) in [5, 5.41) is 4.09. The molecule has 0 saturated heterocycles. The van der Waals surface area contributed by atoms with Crippen LogP contribution in [0.1, 0.15) is 11.3 Å². The summed E-state index contributed by atoms with van der Waals surface area (Å²) in [5.74, 6) is -3.05. The van der Waals surface area contributed by atoms with E-state index in [-0.39, 0.29) is 28.5 Å². The van der Waals surface area contributed by atoms with Gasteiger partial charge in [-0.25, -0.2) is 22.8 Å². The lowest BCUT2D eigenvalue weighted by Crippen LogP contribution is -2.21. The van der Waals surface area contributed by atoms with E-state index in [0.29, 0.717) is 0 Å². The van der Waals surface area contributed by atoms with Gasteiger partial charge in [-0.1, -0.05) is 6.07 Å². The molecule has 0 aliphatic rings. The number of aliphatic imine (C=N–C) groups is 1. The molecule has 0 saturated carbocycles. The van der Waals surface area contributed by atoms with Crippen LogP contribution in [-0.2, 0) is 6.18 Å². The molecule has 0 aliphatic heterocycles. The summed E-state index contributed by atoms with van der Waals surface area (Å²) in [6.45, 7) is 0. The lowest BCUT2D eigenvalue weighted by Gasteiger charge is -2.11. The monoisotopic (exact) mass is 503 g/mol. The van der Waals surface area contributed by atoms with Crippen molar-refractivity contribution in [3.63, 3.8) is 0 Å². The van der Waals surface area contributed by atoms with Crippen LogP contribution in [0.2, 0.25) is 0 Å². The number of halogens is 6. The Morgan fingerprint density at radius 1 is 0.972 bits per heavy atom. The third-order valence-electron chi connectivity index (χ3n) is 4.94. The zero-order valence-corrected chi connectivity index (χ0v) is 18.0. The van der Waals surface area contributed by atoms with Gasteiger partial charge in [0.1, 0.15) is 5.69 Å². The number of hydrogen-bond donors (Lipinski definition) is 1. The fraction of sp³-hybridized carbons (Fsp3) is 0.0417. The predicted molar refractivity (Wildman–Crippen MR) is 120 cm³/mol. The Hall–Kier alpha value is -4.61. The fourth-order valence-corrected chi connectivity index (χ4v) is 3.27. The van der Waals surface area contributed by atoms with E-state index in [9.17, 15) is 31.1 Å². The SMILES string of the molecule is NC=CC(=Nc1cccc(C(F)(F)F)c1)c1nn(-c2ccc(-n3cc(F)c(F)c3)cc2F)ccc1=O. The van der Waals surface area contributed by atoms with Gasteiger partial charge in [0.05, 0.1) is 17.0 Å². The Morgan fingerprint density at radius 3 is 2.33 bits per heavy atom. The highest BCUT2D eigenvalue weighted by molar-refractivity contribution is 6.08. The smallest absolute Gasteiger partial charge is 0.405 e. The molecule has 0 radical (unpaired) electrons. The van der Waals surface area contributed by atoms with E-state index in [1.165, 1.54) is 30.5 Å². The minimum absolute atomic E-state index is 0.115. The highest BCUT2D eigenvalue weighted by Gasteiger charge is 2.30. The summed E-state index contributed by atoms with van der Waals surface area (Å²) in [4.78, 5) is 16.6. The lowest BCUT2D eigenvalue weighted by atomic mass is 10.2. The molecule has 6 nitrogen and oxygen atoms in total. The average Bonchev–Trinajstić information content (AvgIpc) is 3.17. The molecule has 0 unspecified atom stereocenters. The van der Waals surface area contributed by atoms with Crippen LogP contribution in [-0.4, -0.2) is 20.1 Å². The van der Waals surface area contributed by atoms with Crippen LogP contribution in [0.3, 0.4) is 0 Å². The Kier molecular flexibility index (Phi) is 6.51. The molecule has 0 amide bonds. The summed E-state index contributed by atoms with van der Waals surface area (Å²) in [6, 6.07) is 8.82. The van der Waals surface area contributed by atoms with Gasteiger partial charge in [0.25, 0.3) is 0 Å². The molecular formula is C24H15F6N5O. The highest BCUT2D eigenvalue weighted by Crippen LogP contribution is 2.31. The molecule has 2 aromatic carbocycles. The zero-order valence-electron chi connectivity index (χ0n) is 18.0. The first kappa shape index (κ1) is 24.5. The number of hydrogen-bond acceptors (Lipinski definition) is 4. The van der Waals surface area contributed by atoms with Crippen LogP contribution in [0.15, 0.2) is 89.2 Å². The van der Waals surface area contributed by atoms with Crippen molar-refractivity contribution in [3.8, 4) is 11.4 Å². The van der Waals surface area contributed by atoms with E-state index in [1.54, 1.807) is 0 Å². The molecule has 2 heterocycles. The Balaban J connectivity index is 1.76. The summed E-state index contributed by atoms with van der Waals surface area (Å²) in [6.07, 6.45) is 0.449. The molecule has 184 valence electrons. The second kappa shape index (κ2) is 9.56. The predicted octanol–water partition coefficient (Wildman–Crippen LogP) is 5.05. The molecule has 4 rings (SSSR count). The standard InChI is InChI=1S/C24H15F6N5O/c25-17-11-16(34-12-18(26)19(27)13-34)4-5-21(17)35-9-7-22(36)23(33-35)20(6-8-31)32-15-3-1-2-14(10-15)24(28,29)30/h1-13H,31H2. The van der Waals surface area contributed by atoms with Gasteiger partial charge in [0.2, 0.25) is 5.43 Å². The second-order valence-electron chi connectivity index (χ2n) is 7.37. The number of nitrogens with two attached hydrogens (primary N) is 1. The van der Waals surface area contributed by atoms with Crippen molar-refractivity contribution in [1.29, 1.82) is 0 Å². The summed E-state index contributed by atoms with van der Waals surface area (Å²) < 4.78 is 82.8. The lowest BCUT2D eigenvalue weighted by molar-refractivity contribution is -0.137. The third kappa shape index (κ3) is 5.06. The Morgan fingerprint density at radius 2 is 1.69 bits per heavy atom. The molecule has 0 fully saturated rings. The van der Waals surface area contributed by atoms with Crippen molar-refractivity contribution in [2.45, 2.75) is 6.18 Å². The minimum atomic E-state index is -4.60.